The molecule has 0 aromatic heterocycles. The molecule has 1 N–H and O–H groups in total. The molecule has 0 fully saturated rings. The van der Waals surface area contributed by atoms with Crippen LogP contribution in [-0.2, 0) is 11.2 Å². The molecule has 0 saturated carbocycles. The van der Waals surface area contributed by atoms with E-state index in [0.29, 0.717) is 11.7 Å². The van der Waals surface area contributed by atoms with Gasteiger partial charge in [-0.05, 0) is 64.2 Å². The minimum atomic E-state index is -0.624. The highest BCUT2D eigenvalue weighted by atomic mass is 16.5. The van der Waals surface area contributed by atoms with Crippen LogP contribution in [0.25, 0.3) is 0 Å². The van der Waals surface area contributed by atoms with Crippen LogP contribution in [0.3, 0.4) is 0 Å². The van der Waals surface area contributed by atoms with Gasteiger partial charge in [-0.2, -0.15) is 0 Å². The molecule has 0 spiro atoms. The Balaban J connectivity index is 2.07. The Morgan fingerprint density at radius 1 is 1.33 bits per heavy atom. The van der Waals surface area contributed by atoms with Crippen molar-refractivity contribution in [1.29, 1.82) is 0 Å². The van der Waals surface area contributed by atoms with Crippen molar-refractivity contribution in [2.45, 2.75) is 77.7 Å². The molecule has 1 aliphatic heterocycles. The van der Waals surface area contributed by atoms with Crippen molar-refractivity contribution in [3.63, 3.8) is 0 Å². The number of ether oxygens (including phenoxy) is 2. The van der Waals surface area contributed by atoms with Crippen molar-refractivity contribution in [1.82, 2.24) is 0 Å². The Kier molecular flexibility index (Phi) is 5.95. The van der Waals surface area contributed by atoms with Crippen LogP contribution in [0.4, 0.5) is 0 Å². The van der Waals surface area contributed by atoms with Crippen molar-refractivity contribution >= 4 is 5.97 Å². The van der Waals surface area contributed by atoms with Crippen LogP contribution < -0.4 is 9.47 Å². The number of rotatable bonds is 6. The molecule has 1 aromatic carbocycles. The van der Waals surface area contributed by atoms with E-state index in [1.165, 1.54) is 12.0 Å². The van der Waals surface area contributed by atoms with Gasteiger partial charge in [0.1, 0.15) is 23.7 Å². The lowest BCUT2D eigenvalue weighted by Gasteiger charge is -2.46. The van der Waals surface area contributed by atoms with Gasteiger partial charge in [0.2, 0.25) is 0 Å². The zero-order valence-corrected chi connectivity index (χ0v) is 17.0. The number of benzene rings is 1. The molecular weight excluding hydrogens is 340 g/mol. The number of carbonyl (C=O) groups is 1. The smallest absolute Gasteiger partial charge is 0.337 e. The SMILES string of the molecule is CCCCCc1cc(OC(=O)CO)c2c(c1)OC(C)(C)C1CCC(C)=CC21. The first-order valence-electron chi connectivity index (χ1n) is 10.2. The number of unbranched alkanes of at least 4 members (excludes halogenated alkanes) is 2. The van der Waals surface area contributed by atoms with Crippen molar-refractivity contribution in [2.75, 3.05) is 6.61 Å². The summed E-state index contributed by atoms with van der Waals surface area (Å²) in [5.74, 6) is 1.26. The highest BCUT2D eigenvalue weighted by molar-refractivity contribution is 5.74. The van der Waals surface area contributed by atoms with Gasteiger partial charge in [0.05, 0.1) is 0 Å². The van der Waals surface area contributed by atoms with Crippen LogP contribution in [0, 0.1) is 5.92 Å². The minimum absolute atomic E-state index is 0.170. The summed E-state index contributed by atoms with van der Waals surface area (Å²) < 4.78 is 12.0. The zero-order chi connectivity index (χ0) is 19.6. The Bertz CT molecular complexity index is 732. The number of fused-ring (bicyclic) bond motifs is 3. The van der Waals surface area contributed by atoms with E-state index in [-0.39, 0.29) is 11.5 Å². The van der Waals surface area contributed by atoms with E-state index in [9.17, 15) is 9.90 Å². The van der Waals surface area contributed by atoms with Crippen LogP contribution >= 0.6 is 0 Å². The molecule has 4 heteroatoms. The average molecular weight is 373 g/mol. The molecule has 148 valence electrons. The molecule has 4 nitrogen and oxygen atoms in total. The maximum atomic E-state index is 11.9. The van der Waals surface area contributed by atoms with Gasteiger partial charge in [0, 0.05) is 17.4 Å². The number of hydrogen-bond donors (Lipinski definition) is 1. The highest BCUT2D eigenvalue weighted by Gasteiger charge is 2.45. The molecule has 2 unspecified atom stereocenters. The second kappa shape index (κ2) is 8.05. The van der Waals surface area contributed by atoms with Crippen molar-refractivity contribution in [3.8, 4) is 11.5 Å². The molecule has 2 aliphatic rings. The van der Waals surface area contributed by atoms with E-state index >= 15 is 0 Å². The van der Waals surface area contributed by atoms with Crippen LogP contribution in [0.15, 0.2) is 23.8 Å². The summed E-state index contributed by atoms with van der Waals surface area (Å²) in [6.45, 7) is 8.04. The number of carbonyl (C=O) groups excluding carboxylic acids is 1. The van der Waals surface area contributed by atoms with E-state index < -0.39 is 12.6 Å². The predicted molar refractivity (Wildman–Crippen MR) is 106 cm³/mol. The third kappa shape index (κ3) is 4.21. The maximum absolute atomic E-state index is 11.9. The first-order valence-corrected chi connectivity index (χ1v) is 10.2. The third-order valence-electron chi connectivity index (χ3n) is 5.93. The molecule has 0 saturated heterocycles. The molecule has 2 atom stereocenters. The topological polar surface area (TPSA) is 55.8 Å². The fourth-order valence-corrected chi connectivity index (χ4v) is 4.52. The zero-order valence-electron chi connectivity index (χ0n) is 17.0. The molecule has 1 heterocycles. The lowest BCUT2D eigenvalue weighted by Crippen LogP contribution is -2.45. The molecule has 0 radical (unpaired) electrons. The van der Waals surface area contributed by atoms with Gasteiger partial charge in [-0.1, -0.05) is 31.4 Å². The summed E-state index contributed by atoms with van der Waals surface area (Å²) in [7, 11) is 0. The summed E-state index contributed by atoms with van der Waals surface area (Å²) in [4.78, 5) is 11.9. The number of allylic oxidation sites excluding steroid dienone is 2. The normalized spacial score (nSPS) is 22.9. The van der Waals surface area contributed by atoms with E-state index in [0.717, 1.165) is 49.0 Å². The summed E-state index contributed by atoms with van der Waals surface area (Å²) in [5, 5.41) is 9.18. The monoisotopic (exact) mass is 372 g/mol. The Morgan fingerprint density at radius 3 is 2.81 bits per heavy atom. The molecule has 0 amide bonds. The predicted octanol–water partition coefficient (Wildman–Crippen LogP) is 4.93. The van der Waals surface area contributed by atoms with Gasteiger partial charge in [-0.25, -0.2) is 4.79 Å². The van der Waals surface area contributed by atoms with E-state index in [1.807, 2.05) is 6.07 Å². The van der Waals surface area contributed by atoms with Gasteiger partial charge in [0.25, 0.3) is 0 Å². The Morgan fingerprint density at radius 2 is 2.11 bits per heavy atom. The summed E-state index contributed by atoms with van der Waals surface area (Å²) in [6.07, 6.45) is 8.80. The fourth-order valence-electron chi connectivity index (χ4n) is 4.52. The highest BCUT2D eigenvalue weighted by Crippen LogP contribution is 2.53. The summed E-state index contributed by atoms with van der Waals surface area (Å²) in [5.41, 5.74) is 3.18. The van der Waals surface area contributed by atoms with E-state index in [2.05, 4.69) is 39.8 Å². The first kappa shape index (κ1) is 19.9. The summed E-state index contributed by atoms with van der Waals surface area (Å²) in [6, 6.07) is 4.09. The van der Waals surface area contributed by atoms with Gasteiger partial charge in [-0.15, -0.1) is 0 Å². The van der Waals surface area contributed by atoms with Crippen LogP contribution in [0.5, 0.6) is 11.5 Å². The van der Waals surface area contributed by atoms with Gasteiger partial charge >= 0.3 is 5.97 Å². The number of aliphatic hydroxyl groups is 1. The number of esters is 1. The van der Waals surface area contributed by atoms with Crippen LogP contribution in [0.2, 0.25) is 0 Å². The fraction of sp³-hybridized carbons (Fsp3) is 0.609. The lowest BCUT2D eigenvalue weighted by atomic mass is 9.68. The van der Waals surface area contributed by atoms with Crippen LogP contribution in [-0.4, -0.2) is 23.3 Å². The largest absolute Gasteiger partial charge is 0.487 e. The second-order valence-electron chi connectivity index (χ2n) is 8.48. The third-order valence-corrected chi connectivity index (χ3v) is 5.93. The van der Waals surface area contributed by atoms with Gasteiger partial charge in [0.15, 0.2) is 0 Å². The summed E-state index contributed by atoms with van der Waals surface area (Å²) >= 11 is 0. The van der Waals surface area contributed by atoms with Crippen LogP contribution in [0.1, 0.15) is 76.8 Å². The molecule has 3 rings (SSSR count). The Hall–Kier alpha value is -1.81. The number of hydrogen-bond acceptors (Lipinski definition) is 4. The Labute approximate surface area is 162 Å². The maximum Gasteiger partial charge on any atom is 0.337 e. The van der Waals surface area contributed by atoms with E-state index in [1.54, 1.807) is 0 Å². The lowest BCUT2D eigenvalue weighted by molar-refractivity contribution is -0.137. The number of aryl methyl sites for hydroxylation is 1. The number of aliphatic hydroxyl groups excluding tert-OH is 1. The van der Waals surface area contributed by atoms with Gasteiger partial charge < -0.3 is 14.6 Å². The molecule has 1 aromatic rings. The van der Waals surface area contributed by atoms with Gasteiger partial charge in [-0.3, -0.25) is 0 Å². The first-order chi connectivity index (χ1) is 12.9. The quantitative estimate of drug-likeness (QED) is 0.333. The molecule has 27 heavy (non-hydrogen) atoms. The molecule has 1 aliphatic carbocycles. The standard InChI is InChI=1S/C23H32O4/c1-5-6-7-8-16-12-19(26-21(25)14-24)22-17-11-15(2)9-10-18(17)23(3,4)27-20(22)13-16/h11-13,17-18,24H,5-10,14H2,1-4H3. The van der Waals surface area contributed by atoms with E-state index in [4.69, 9.17) is 9.47 Å². The second-order valence-corrected chi connectivity index (χ2v) is 8.48. The minimum Gasteiger partial charge on any atom is -0.487 e. The molecular formula is C23H32O4. The van der Waals surface area contributed by atoms with Crippen molar-refractivity contribution in [3.05, 3.63) is 34.9 Å². The van der Waals surface area contributed by atoms with Crippen molar-refractivity contribution < 1.29 is 19.4 Å². The average Bonchev–Trinajstić information content (AvgIpc) is 2.60. The molecule has 0 bridgehead atoms. The van der Waals surface area contributed by atoms with Crippen molar-refractivity contribution in [2.24, 2.45) is 5.92 Å².